The van der Waals surface area contributed by atoms with Crippen LogP contribution in [0.2, 0.25) is 0 Å². The molecule has 2 amide bonds. The molecule has 6 nitrogen and oxygen atoms in total. The summed E-state index contributed by atoms with van der Waals surface area (Å²) in [5.74, 6) is -0.820. The van der Waals surface area contributed by atoms with E-state index < -0.39 is 11.5 Å². The van der Waals surface area contributed by atoms with E-state index in [0.717, 1.165) is 11.1 Å². The fourth-order valence-electron chi connectivity index (χ4n) is 4.64. The highest BCUT2D eigenvalue weighted by Crippen LogP contribution is 2.45. The summed E-state index contributed by atoms with van der Waals surface area (Å²) in [4.78, 5) is 38.3. The van der Waals surface area contributed by atoms with Gasteiger partial charge in [-0.25, -0.2) is 4.39 Å². The first kappa shape index (κ1) is 18.4. The van der Waals surface area contributed by atoms with Crippen LogP contribution < -0.4 is 0 Å². The van der Waals surface area contributed by atoms with E-state index in [0.29, 0.717) is 24.2 Å². The minimum atomic E-state index is -1.07. The number of hydrogen-bond acceptors (Lipinski definition) is 4. The SMILES string of the molecule is O=C(Cc1cccnc1)N1CCN2C(=O)c3cccc(F)c3CC12c1ccncc1. The molecule has 1 aromatic carbocycles. The molecule has 0 radical (unpaired) electrons. The molecule has 2 aromatic heterocycles. The van der Waals surface area contributed by atoms with Crippen LogP contribution in [0.15, 0.2) is 67.3 Å². The van der Waals surface area contributed by atoms with Crippen molar-refractivity contribution < 1.29 is 14.0 Å². The van der Waals surface area contributed by atoms with E-state index in [9.17, 15) is 14.0 Å². The first-order valence-electron chi connectivity index (χ1n) is 9.80. The molecule has 4 heterocycles. The molecule has 5 rings (SSSR count). The van der Waals surface area contributed by atoms with E-state index >= 15 is 0 Å². The first-order valence-corrected chi connectivity index (χ1v) is 9.80. The fourth-order valence-corrected chi connectivity index (χ4v) is 4.64. The Morgan fingerprint density at radius 2 is 1.87 bits per heavy atom. The van der Waals surface area contributed by atoms with Gasteiger partial charge in [0.1, 0.15) is 11.5 Å². The van der Waals surface area contributed by atoms with Crippen molar-refractivity contribution in [1.29, 1.82) is 0 Å². The van der Waals surface area contributed by atoms with Crippen LogP contribution in [0.25, 0.3) is 0 Å². The molecule has 1 saturated heterocycles. The molecule has 1 unspecified atom stereocenters. The van der Waals surface area contributed by atoms with Crippen LogP contribution in [0.1, 0.15) is 27.0 Å². The maximum atomic E-state index is 14.8. The van der Waals surface area contributed by atoms with Crippen LogP contribution in [0.5, 0.6) is 0 Å². The highest BCUT2D eigenvalue weighted by atomic mass is 19.1. The minimum absolute atomic E-state index is 0.130. The third kappa shape index (κ3) is 2.69. The molecule has 0 spiro atoms. The summed E-state index contributed by atoms with van der Waals surface area (Å²) in [6.07, 6.45) is 6.93. The number of carbonyl (C=O) groups is 2. The van der Waals surface area contributed by atoms with Gasteiger partial charge in [0, 0.05) is 61.0 Å². The first-order chi connectivity index (χ1) is 14.6. The molecular weight excluding hydrogens is 383 g/mol. The lowest BCUT2D eigenvalue weighted by Crippen LogP contribution is -2.58. The molecule has 3 aromatic rings. The van der Waals surface area contributed by atoms with Gasteiger partial charge in [-0.15, -0.1) is 0 Å². The maximum absolute atomic E-state index is 14.8. The Morgan fingerprint density at radius 1 is 1.03 bits per heavy atom. The minimum Gasteiger partial charge on any atom is -0.313 e. The number of hydrogen-bond donors (Lipinski definition) is 0. The second kappa shape index (κ2) is 7.02. The molecule has 2 aliphatic heterocycles. The van der Waals surface area contributed by atoms with Crippen molar-refractivity contribution in [2.45, 2.75) is 18.5 Å². The molecule has 0 aliphatic carbocycles. The summed E-state index contributed by atoms with van der Waals surface area (Å²) in [6.45, 7) is 0.763. The van der Waals surface area contributed by atoms with Crippen molar-refractivity contribution in [3.63, 3.8) is 0 Å². The Bertz CT molecular complexity index is 1120. The van der Waals surface area contributed by atoms with Crippen molar-refractivity contribution >= 4 is 11.8 Å². The molecular formula is C23H19FN4O2. The molecule has 30 heavy (non-hydrogen) atoms. The van der Waals surface area contributed by atoms with Gasteiger partial charge in [-0.1, -0.05) is 12.1 Å². The smallest absolute Gasteiger partial charge is 0.256 e. The third-order valence-corrected chi connectivity index (χ3v) is 5.98. The lowest BCUT2D eigenvalue weighted by Gasteiger charge is -2.47. The number of halogens is 1. The number of fused-ring (bicyclic) bond motifs is 2. The van der Waals surface area contributed by atoms with Crippen LogP contribution in [-0.4, -0.2) is 44.7 Å². The summed E-state index contributed by atoms with van der Waals surface area (Å²) < 4.78 is 14.8. The van der Waals surface area contributed by atoms with E-state index in [1.165, 1.54) is 6.07 Å². The van der Waals surface area contributed by atoms with Crippen LogP contribution >= 0.6 is 0 Å². The average molecular weight is 402 g/mol. The van der Waals surface area contributed by atoms with Crippen LogP contribution in [0.4, 0.5) is 4.39 Å². The highest BCUT2D eigenvalue weighted by Gasteiger charge is 2.56. The zero-order valence-electron chi connectivity index (χ0n) is 16.2. The van der Waals surface area contributed by atoms with Gasteiger partial charge < -0.3 is 9.80 Å². The van der Waals surface area contributed by atoms with Gasteiger partial charge >= 0.3 is 0 Å². The quantitative estimate of drug-likeness (QED) is 0.675. The Labute approximate surface area is 173 Å². The molecule has 150 valence electrons. The summed E-state index contributed by atoms with van der Waals surface area (Å²) >= 11 is 0. The number of pyridine rings is 2. The number of nitrogens with zero attached hydrogens (tertiary/aromatic N) is 4. The Hall–Kier alpha value is -3.61. The predicted octanol–water partition coefficient (Wildman–Crippen LogP) is 2.55. The third-order valence-electron chi connectivity index (χ3n) is 5.98. The molecule has 1 atom stereocenters. The van der Waals surface area contributed by atoms with E-state index in [1.54, 1.807) is 64.9 Å². The van der Waals surface area contributed by atoms with Crippen molar-refractivity contribution in [2.24, 2.45) is 0 Å². The summed E-state index contributed by atoms with van der Waals surface area (Å²) in [5, 5.41) is 0. The molecule has 2 aliphatic rings. The number of rotatable bonds is 3. The molecule has 0 bridgehead atoms. The predicted molar refractivity (Wildman–Crippen MR) is 107 cm³/mol. The van der Waals surface area contributed by atoms with Crippen molar-refractivity contribution in [2.75, 3.05) is 13.1 Å². The van der Waals surface area contributed by atoms with Crippen LogP contribution in [-0.2, 0) is 23.3 Å². The largest absolute Gasteiger partial charge is 0.313 e. The molecule has 7 heteroatoms. The summed E-state index contributed by atoms with van der Waals surface area (Å²) in [7, 11) is 0. The topological polar surface area (TPSA) is 66.4 Å². The van der Waals surface area contributed by atoms with Crippen molar-refractivity contribution in [1.82, 2.24) is 19.8 Å². The monoisotopic (exact) mass is 402 g/mol. The number of carbonyl (C=O) groups excluding carboxylic acids is 2. The molecule has 1 fully saturated rings. The standard InChI is InChI=1S/C23H19FN4O2/c24-20-5-1-4-18-19(20)14-23(17-6-9-25-10-7-17)27(11-12-28(23)22(18)30)21(29)13-16-3-2-8-26-15-16/h1-10,15H,11-14H2. The van der Waals surface area contributed by atoms with Crippen LogP contribution in [0, 0.1) is 5.82 Å². The zero-order valence-corrected chi connectivity index (χ0v) is 16.2. The lowest BCUT2D eigenvalue weighted by molar-refractivity contribution is -0.138. The van der Waals surface area contributed by atoms with E-state index in [1.807, 2.05) is 6.07 Å². The second-order valence-electron chi connectivity index (χ2n) is 7.54. The Morgan fingerprint density at radius 3 is 2.63 bits per heavy atom. The molecule has 0 N–H and O–H groups in total. The number of aromatic nitrogens is 2. The summed E-state index contributed by atoms with van der Waals surface area (Å²) in [5.41, 5.74) is 1.17. The van der Waals surface area contributed by atoms with E-state index in [4.69, 9.17) is 0 Å². The second-order valence-corrected chi connectivity index (χ2v) is 7.54. The van der Waals surface area contributed by atoms with Gasteiger partial charge in [-0.05, 0) is 35.9 Å². The Balaban J connectivity index is 1.64. The van der Waals surface area contributed by atoms with Crippen molar-refractivity contribution in [3.8, 4) is 0 Å². The summed E-state index contributed by atoms with van der Waals surface area (Å²) in [6, 6.07) is 11.8. The average Bonchev–Trinajstić information content (AvgIpc) is 3.17. The van der Waals surface area contributed by atoms with Crippen molar-refractivity contribution in [3.05, 3.63) is 95.3 Å². The van der Waals surface area contributed by atoms with Gasteiger partial charge in [-0.3, -0.25) is 19.6 Å². The fraction of sp³-hybridized carbons (Fsp3) is 0.217. The van der Waals surface area contributed by atoms with Gasteiger partial charge in [0.25, 0.3) is 5.91 Å². The highest BCUT2D eigenvalue weighted by molar-refractivity contribution is 5.98. The normalized spacial score (nSPS) is 20.1. The van der Waals surface area contributed by atoms with E-state index in [2.05, 4.69) is 9.97 Å². The lowest BCUT2D eigenvalue weighted by atomic mass is 9.83. The van der Waals surface area contributed by atoms with Gasteiger partial charge in [0.05, 0.1) is 6.42 Å². The number of benzene rings is 1. The molecule has 0 saturated carbocycles. The Kier molecular flexibility index (Phi) is 4.31. The number of amides is 2. The van der Waals surface area contributed by atoms with Gasteiger partial charge in [-0.2, -0.15) is 0 Å². The zero-order chi connectivity index (χ0) is 20.7. The van der Waals surface area contributed by atoms with Gasteiger partial charge in [0.15, 0.2) is 0 Å². The van der Waals surface area contributed by atoms with Crippen LogP contribution in [0.3, 0.4) is 0 Å². The van der Waals surface area contributed by atoms with E-state index in [-0.39, 0.29) is 24.7 Å². The van der Waals surface area contributed by atoms with Gasteiger partial charge in [0.2, 0.25) is 5.91 Å². The maximum Gasteiger partial charge on any atom is 0.256 e.